The molecule has 124 valence electrons. The maximum absolute atomic E-state index is 12.4. The molecule has 2 aliphatic rings. The van der Waals surface area contributed by atoms with Crippen LogP contribution in [0.3, 0.4) is 0 Å². The van der Waals surface area contributed by atoms with Crippen LogP contribution in [0.25, 0.3) is 11.0 Å². The Morgan fingerprint density at radius 3 is 3.00 bits per heavy atom. The summed E-state index contributed by atoms with van der Waals surface area (Å²) < 4.78 is 1.48. The van der Waals surface area contributed by atoms with Gasteiger partial charge in [0.2, 0.25) is 0 Å². The van der Waals surface area contributed by atoms with Crippen LogP contribution in [-0.2, 0) is 7.05 Å². The number of anilines is 1. The predicted octanol–water partition coefficient (Wildman–Crippen LogP) is 2.82. The quantitative estimate of drug-likeness (QED) is 0.853. The summed E-state index contributed by atoms with van der Waals surface area (Å²) in [5.74, 6) is 1.45. The molecule has 0 bridgehead atoms. The van der Waals surface area contributed by atoms with Crippen LogP contribution in [0.2, 0.25) is 0 Å². The fourth-order valence-corrected chi connectivity index (χ4v) is 3.82. The topological polar surface area (TPSA) is 51.0 Å². The molecular weight excluding hydrogens is 300 g/mol. The van der Waals surface area contributed by atoms with Crippen LogP contribution in [0.15, 0.2) is 47.1 Å². The molecule has 5 heteroatoms. The zero-order chi connectivity index (χ0) is 16.7. The van der Waals surface area contributed by atoms with Crippen molar-refractivity contribution in [2.75, 3.05) is 11.4 Å². The van der Waals surface area contributed by atoms with Gasteiger partial charge in [-0.3, -0.25) is 4.79 Å². The van der Waals surface area contributed by atoms with Crippen molar-refractivity contribution in [1.29, 1.82) is 0 Å². The SMILES string of the molecule is CC1CC=CC=C1C1CCCN1c1ccc2ncn(C)c(=O)c2n1. The number of aromatic nitrogens is 3. The molecule has 0 saturated carbocycles. The van der Waals surface area contributed by atoms with Gasteiger partial charge in [0.1, 0.15) is 5.82 Å². The van der Waals surface area contributed by atoms with Crippen LogP contribution >= 0.6 is 0 Å². The van der Waals surface area contributed by atoms with Crippen LogP contribution in [-0.4, -0.2) is 27.1 Å². The standard InChI is InChI=1S/C19H22N4O/c1-13-6-3-4-7-14(13)16-8-5-11-23(16)17-10-9-15-18(21-17)19(24)22(2)12-20-15/h3-4,7,9-10,12-13,16H,5-6,8,11H2,1-2H3. The van der Waals surface area contributed by atoms with Crippen molar-refractivity contribution in [2.45, 2.75) is 32.2 Å². The smallest absolute Gasteiger partial charge is 0.279 e. The normalized spacial score (nSPS) is 23.8. The largest absolute Gasteiger partial charge is 0.350 e. The Balaban J connectivity index is 1.76. The Labute approximate surface area is 141 Å². The monoisotopic (exact) mass is 322 g/mol. The van der Waals surface area contributed by atoms with Crippen LogP contribution in [0.4, 0.5) is 5.82 Å². The van der Waals surface area contributed by atoms with E-state index in [2.05, 4.69) is 40.0 Å². The molecule has 1 fully saturated rings. The first-order valence-electron chi connectivity index (χ1n) is 8.61. The van der Waals surface area contributed by atoms with Crippen molar-refractivity contribution in [3.63, 3.8) is 0 Å². The van der Waals surface area contributed by atoms with Gasteiger partial charge in [-0.15, -0.1) is 0 Å². The average Bonchev–Trinajstić information content (AvgIpc) is 3.08. The van der Waals surface area contributed by atoms with Gasteiger partial charge in [0.25, 0.3) is 5.56 Å². The van der Waals surface area contributed by atoms with Crippen LogP contribution < -0.4 is 10.5 Å². The number of fused-ring (bicyclic) bond motifs is 1. The highest BCUT2D eigenvalue weighted by atomic mass is 16.1. The fourth-order valence-electron chi connectivity index (χ4n) is 3.82. The Morgan fingerprint density at radius 2 is 2.17 bits per heavy atom. The second-order valence-corrected chi connectivity index (χ2v) is 6.78. The van der Waals surface area contributed by atoms with Gasteiger partial charge in [-0.05, 0) is 42.9 Å². The first kappa shape index (κ1) is 15.1. The Kier molecular flexibility index (Phi) is 3.71. The molecule has 0 N–H and O–H groups in total. The predicted molar refractivity (Wildman–Crippen MR) is 96.2 cm³/mol. The minimum Gasteiger partial charge on any atom is -0.350 e. The maximum atomic E-state index is 12.4. The first-order chi connectivity index (χ1) is 11.6. The lowest BCUT2D eigenvalue weighted by Gasteiger charge is -2.31. The Morgan fingerprint density at radius 1 is 1.29 bits per heavy atom. The van der Waals surface area contributed by atoms with E-state index in [1.807, 2.05) is 12.1 Å². The molecule has 2 atom stereocenters. The summed E-state index contributed by atoms with van der Waals surface area (Å²) in [5.41, 5.74) is 2.50. The molecule has 0 radical (unpaired) electrons. The summed E-state index contributed by atoms with van der Waals surface area (Å²) >= 11 is 0. The van der Waals surface area contributed by atoms with E-state index in [0.717, 1.165) is 31.6 Å². The molecule has 3 heterocycles. The molecule has 5 nitrogen and oxygen atoms in total. The van der Waals surface area contributed by atoms with Gasteiger partial charge < -0.3 is 9.47 Å². The molecule has 1 aliphatic carbocycles. The van der Waals surface area contributed by atoms with Gasteiger partial charge in [-0.2, -0.15) is 0 Å². The second kappa shape index (κ2) is 5.89. The zero-order valence-electron chi connectivity index (χ0n) is 14.1. The van der Waals surface area contributed by atoms with E-state index in [4.69, 9.17) is 0 Å². The van der Waals surface area contributed by atoms with Crippen molar-refractivity contribution in [3.05, 3.63) is 52.6 Å². The Bertz CT molecular complexity index is 896. The van der Waals surface area contributed by atoms with Crippen molar-refractivity contribution < 1.29 is 0 Å². The molecular formula is C19H22N4O. The summed E-state index contributed by atoms with van der Waals surface area (Å²) in [5, 5.41) is 0. The summed E-state index contributed by atoms with van der Waals surface area (Å²) in [6.07, 6.45) is 11.6. The van der Waals surface area contributed by atoms with Gasteiger partial charge in [-0.1, -0.05) is 25.2 Å². The van der Waals surface area contributed by atoms with Gasteiger partial charge in [0.05, 0.1) is 17.9 Å². The van der Waals surface area contributed by atoms with Gasteiger partial charge >= 0.3 is 0 Å². The van der Waals surface area contributed by atoms with E-state index in [1.165, 1.54) is 10.1 Å². The summed E-state index contributed by atoms with van der Waals surface area (Å²) in [4.78, 5) is 23.7. The molecule has 4 rings (SSSR count). The Hall–Kier alpha value is -2.43. The van der Waals surface area contributed by atoms with Gasteiger partial charge in [-0.25, -0.2) is 9.97 Å². The van der Waals surface area contributed by atoms with E-state index in [0.29, 0.717) is 23.0 Å². The molecule has 0 spiro atoms. The van der Waals surface area contributed by atoms with Crippen LogP contribution in [0.5, 0.6) is 0 Å². The molecule has 1 saturated heterocycles. The maximum Gasteiger partial charge on any atom is 0.279 e. The second-order valence-electron chi connectivity index (χ2n) is 6.78. The third kappa shape index (κ3) is 2.44. The highest BCUT2D eigenvalue weighted by Gasteiger charge is 2.31. The van der Waals surface area contributed by atoms with E-state index in [-0.39, 0.29) is 5.56 Å². The number of rotatable bonds is 2. The van der Waals surface area contributed by atoms with E-state index in [9.17, 15) is 4.79 Å². The number of pyridine rings is 1. The lowest BCUT2D eigenvalue weighted by molar-refractivity contribution is 0.595. The number of hydrogen-bond donors (Lipinski definition) is 0. The molecule has 2 aromatic heterocycles. The summed E-state index contributed by atoms with van der Waals surface area (Å²) in [6.45, 7) is 3.27. The fraction of sp³-hybridized carbons (Fsp3) is 0.421. The summed E-state index contributed by atoms with van der Waals surface area (Å²) in [6, 6.07) is 4.29. The van der Waals surface area contributed by atoms with Crippen molar-refractivity contribution in [2.24, 2.45) is 13.0 Å². The number of nitrogens with zero attached hydrogens (tertiary/aromatic N) is 4. The van der Waals surface area contributed by atoms with Crippen LogP contribution in [0, 0.1) is 5.92 Å². The first-order valence-corrected chi connectivity index (χ1v) is 8.61. The van der Waals surface area contributed by atoms with Crippen molar-refractivity contribution in [3.8, 4) is 0 Å². The minimum absolute atomic E-state index is 0.0919. The van der Waals surface area contributed by atoms with Crippen molar-refractivity contribution >= 4 is 16.9 Å². The van der Waals surface area contributed by atoms with Crippen LogP contribution in [0.1, 0.15) is 26.2 Å². The van der Waals surface area contributed by atoms with Gasteiger partial charge in [0, 0.05) is 13.6 Å². The van der Waals surface area contributed by atoms with E-state index >= 15 is 0 Å². The lowest BCUT2D eigenvalue weighted by Crippen LogP contribution is -2.34. The number of allylic oxidation sites excluding steroid dienone is 3. The summed E-state index contributed by atoms with van der Waals surface area (Å²) in [7, 11) is 1.71. The molecule has 0 amide bonds. The minimum atomic E-state index is -0.0919. The van der Waals surface area contributed by atoms with E-state index in [1.54, 1.807) is 13.4 Å². The molecule has 2 unspecified atom stereocenters. The van der Waals surface area contributed by atoms with E-state index < -0.39 is 0 Å². The third-order valence-corrected chi connectivity index (χ3v) is 5.17. The molecule has 2 aromatic rings. The molecule has 1 aliphatic heterocycles. The number of hydrogen-bond acceptors (Lipinski definition) is 4. The number of aryl methyl sites for hydroxylation is 1. The van der Waals surface area contributed by atoms with Crippen molar-refractivity contribution in [1.82, 2.24) is 14.5 Å². The average molecular weight is 322 g/mol. The highest BCUT2D eigenvalue weighted by Crippen LogP contribution is 2.34. The highest BCUT2D eigenvalue weighted by molar-refractivity contribution is 5.75. The molecule has 24 heavy (non-hydrogen) atoms. The third-order valence-electron chi connectivity index (χ3n) is 5.17. The van der Waals surface area contributed by atoms with Gasteiger partial charge in [0.15, 0.2) is 5.52 Å². The zero-order valence-corrected chi connectivity index (χ0v) is 14.1. The lowest BCUT2D eigenvalue weighted by atomic mass is 9.87. The molecule has 0 aromatic carbocycles.